The topological polar surface area (TPSA) is 60.3 Å². The summed E-state index contributed by atoms with van der Waals surface area (Å²) in [6.45, 7) is 3.36. The van der Waals surface area contributed by atoms with Gasteiger partial charge >= 0.3 is 0 Å². The van der Waals surface area contributed by atoms with E-state index < -0.39 is 0 Å². The first-order chi connectivity index (χ1) is 13.3. The lowest BCUT2D eigenvalue weighted by Crippen LogP contribution is -2.33. The Morgan fingerprint density at radius 2 is 2.07 bits per heavy atom. The van der Waals surface area contributed by atoms with Crippen LogP contribution in [0, 0.1) is 0 Å². The molecule has 0 spiro atoms. The summed E-state index contributed by atoms with van der Waals surface area (Å²) in [6, 6.07) is 4.10. The van der Waals surface area contributed by atoms with E-state index in [1.165, 1.54) is 24.6 Å². The summed E-state index contributed by atoms with van der Waals surface area (Å²) in [4.78, 5) is 15.8. The van der Waals surface area contributed by atoms with Crippen molar-refractivity contribution in [2.24, 2.45) is 0 Å². The van der Waals surface area contributed by atoms with Crippen LogP contribution in [0.25, 0.3) is 10.7 Å². The van der Waals surface area contributed by atoms with Crippen molar-refractivity contribution in [2.75, 3.05) is 25.4 Å². The quantitative estimate of drug-likeness (QED) is 0.685. The summed E-state index contributed by atoms with van der Waals surface area (Å²) in [7, 11) is 0. The number of thioether (sulfide) groups is 1. The van der Waals surface area contributed by atoms with Crippen molar-refractivity contribution in [3.05, 3.63) is 17.5 Å². The molecule has 0 aliphatic carbocycles. The molecule has 1 amide bonds. The number of rotatable bonds is 6. The maximum atomic E-state index is 12.6. The van der Waals surface area contributed by atoms with Gasteiger partial charge in [-0.25, -0.2) is 0 Å². The van der Waals surface area contributed by atoms with Crippen molar-refractivity contribution in [1.29, 1.82) is 0 Å². The van der Waals surface area contributed by atoms with Gasteiger partial charge in [0.1, 0.15) is 0 Å². The van der Waals surface area contributed by atoms with E-state index in [0.29, 0.717) is 5.75 Å². The highest BCUT2D eigenvalue weighted by Gasteiger charge is 2.23. The number of thiophene rings is 1. The Labute approximate surface area is 168 Å². The summed E-state index contributed by atoms with van der Waals surface area (Å²) < 4.78 is 7.97. The van der Waals surface area contributed by atoms with Crippen LogP contribution in [0.3, 0.4) is 0 Å². The number of aromatic nitrogens is 3. The number of ether oxygens (including phenoxy) is 1. The SMILES string of the molecule is O=C(CSc1nnc(-c2cccs2)n1CC1CCCO1)N1CCCCCC1. The molecule has 0 bridgehead atoms. The van der Waals surface area contributed by atoms with Gasteiger partial charge in [0.25, 0.3) is 0 Å². The maximum Gasteiger partial charge on any atom is 0.233 e. The van der Waals surface area contributed by atoms with Gasteiger partial charge in [0.2, 0.25) is 5.91 Å². The monoisotopic (exact) mass is 406 g/mol. The largest absolute Gasteiger partial charge is 0.376 e. The third-order valence-electron chi connectivity index (χ3n) is 5.15. The Kier molecular flexibility index (Phi) is 6.47. The highest BCUT2D eigenvalue weighted by molar-refractivity contribution is 7.99. The number of carbonyl (C=O) groups is 1. The normalized spacial score (nSPS) is 20.7. The summed E-state index contributed by atoms with van der Waals surface area (Å²) in [5, 5.41) is 11.7. The molecule has 6 nitrogen and oxygen atoms in total. The predicted molar refractivity (Wildman–Crippen MR) is 108 cm³/mol. The summed E-state index contributed by atoms with van der Waals surface area (Å²) in [5.41, 5.74) is 0. The molecule has 2 fully saturated rings. The standard InChI is InChI=1S/C19H26N4O2S2/c24-17(22-9-3-1-2-4-10-22)14-27-19-21-20-18(16-8-6-12-26-16)23(19)13-15-7-5-11-25-15/h6,8,12,15H,1-5,7,9-11,13-14H2. The van der Waals surface area contributed by atoms with Crippen LogP contribution < -0.4 is 0 Å². The first-order valence-corrected chi connectivity index (χ1v) is 11.7. The van der Waals surface area contributed by atoms with Gasteiger partial charge in [0.05, 0.1) is 23.3 Å². The molecule has 146 valence electrons. The lowest BCUT2D eigenvalue weighted by atomic mass is 10.2. The molecule has 27 heavy (non-hydrogen) atoms. The minimum Gasteiger partial charge on any atom is -0.376 e. The fourth-order valence-corrected chi connectivity index (χ4v) is 5.25. The molecule has 0 aromatic carbocycles. The van der Waals surface area contributed by atoms with E-state index in [1.807, 2.05) is 11.0 Å². The van der Waals surface area contributed by atoms with Crippen LogP contribution in [0.1, 0.15) is 38.5 Å². The Hall–Kier alpha value is -1.38. The van der Waals surface area contributed by atoms with E-state index in [9.17, 15) is 4.79 Å². The molecule has 2 aliphatic rings. The van der Waals surface area contributed by atoms with Crippen LogP contribution in [0.15, 0.2) is 22.7 Å². The Bertz CT molecular complexity index is 733. The Morgan fingerprint density at radius 1 is 1.22 bits per heavy atom. The molecule has 2 aromatic rings. The molecule has 4 heterocycles. The molecule has 8 heteroatoms. The minimum absolute atomic E-state index is 0.209. The smallest absolute Gasteiger partial charge is 0.233 e. The highest BCUT2D eigenvalue weighted by atomic mass is 32.2. The molecule has 1 atom stereocenters. The van der Waals surface area contributed by atoms with E-state index in [-0.39, 0.29) is 12.0 Å². The third-order valence-corrected chi connectivity index (χ3v) is 6.97. The van der Waals surface area contributed by atoms with E-state index in [4.69, 9.17) is 4.74 Å². The van der Waals surface area contributed by atoms with Crippen LogP contribution in [0.4, 0.5) is 0 Å². The molecule has 4 rings (SSSR count). The van der Waals surface area contributed by atoms with Crippen molar-refractivity contribution in [2.45, 2.75) is 56.3 Å². The second kappa shape index (κ2) is 9.21. The summed E-state index contributed by atoms with van der Waals surface area (Å²) >= 11 is 3.17. The van der Waals surface area contributed by atoms with Crippen LogP contribution >= 0.6 is 23.1 Å². The second-order valence-electron chi connectivity index (χ2n) is 7.11. The summed E-state index contributed by atoms with van der Waals surface area (Å²) in [6.07, 6.45) is 7.09. The molecule has 2 aromatic heterocycles. The number of nitrogens with zero attached hydrogens (tertiary/aromatic N) is 4. The summed E-state index contributed by atoms with van der Waals surface area (Å²) in [5.74, 6) is 1.52. The number of likely N-dealkylation sites (tertiary alicyclic amines) is 1. The van der Waals surface area contributed by atoms with Crippen LogP contribution in [-0.2, 0) is 16.1 Å². The fraction of sp³-hybridized carbons (Fsp3) is 0.632. The van der Waals surface area contributed by atoms with Gasteiger partial charge < -0.3 is 9.64 Å². The predicted octanol–water partition coefficient (Wildman–Crippen LogP) is 3.68. The van der Waals surface area contributed by atoms with Crippen LogP contribution in [0.2, 0.25) is 0 Å². The van der Waals surface area contributed by atoms with Crippen molar-refractivity contribution in [1.82, 2.24) is 19.7 Å². The number of amides is 1. The Balaban J connectivity index is 1.47. The zero-order chi connectivity index (χ0) is 18.5. The molecule has 0 N–H and O–H groups in total. The number of hydrogen-bond donors (Lipinski definition) is 0. The highest BCUT2D eigenvalue weighted by Crippen LogP contribution is 2.29. The molecule has 0 saturated carbocycles. The zero-order valence-electron chi connectivity index (χ0n) is 15.5. The molecule has 0 radical (unpaired) electrons. The van der Waals surface area contributed by atoms with Crippen molar-refractivity contribution < 1.29 is 9.53 Å². The lowest BCUT2D eigenvalue weighted by molar-refractivity contribution is -0.128. The minimum atomic E-state index is 0.209. The van der Waals surface area contributed by atoms with Gasteiger partial charge in [-0.3, -0.25) is 9.36 Å². The Morgan fingerprint density at radius 3 is 2.78 bits per heavy atom. The van der Waals surface area contributed by atoms with E-state index in [2.05, 4.69) is 26.2 Å². The number of hydrogen-bond acceptors (Lipinski definition) is 6. The lowest BCUT2D eigenvalue weighted by Gasteiger charge is -2.20. The van der Waals surface area contributed by atoms with Crippen molar-refractivity contribution in [3.63, 3.8) is 0 Å². The van der Waals surface area contributed by atoms with Gasteiger partial charge in [-0.1, -0.05) is 30.7 Å². The van der Waals surface area contributed by atoms with E-state index in [0.717, 1.165) is 67.8 Å². The molecular formula is C19H26N4O2S2. The van der Waals surface area contributed by atoms with Gasteiger partial charge in [0, 0.05) is 19.7 Å². The van der Waals surface area contributed by atoms with Gasteiger partial charge in [-0.15, -0.1) is 21.5 Å². The van der Waals surface area contributed by atoms with Gasteiger partial charge in [0.15, 0.2) is 11.0 Å². The molecule has 2 aliphatic heterocycles. The van der Waals surface area contributed by atoms with E-state index in [1.54, 1.807) is 11.3 Å². The van der Waals surface area contributed by atoms with Crippen molar-refractivity contribution >= 4 is 29.0 Å². The molecular weight excluding hydrogens is 380 g/mol. The maximum absolute atomic E-state index is 12.6. The average Bonchev–Trinajstić information content (AvgIpc) is 3.40. The fourth-order valence-electron chi connectivity index (χ4n) is 3.68. The first-order valence-electron chi connectivity index (χ1n) is 9.80. The molecule has 1 unspecified atom stereocenters. The van der Waals surface area contributed by atoms with Crippen LogP contribution in [-0.4, -0.2) is 57.1 Å². The number of carbonyl (C=O) groups excluding carboxylic acids is 1. The zero-order valence-corrected chi connectivity index (χ0v) is 17.1. The van der Waals surface area contributed by atoms with Crippen molar-refractivity contribution in [3.8, 4) is 10.7 Å². The third kappa shape index (κ3) is 4.73. The first kappa shape index (κ1) is 19.0. The van der Waals surface area contributed by atoms with Gasteiger partial charge in [-0.05, 0) is 37.1 Å². The average molecular weight is 407 g/mol. The van der Waals surface area contributed by atoms with E-state index >= 15 is 0 Å². The second-order valence-corrected chi connectivity index (χ2v) is 9.00. The van der Waals surface area contributed by atoms with Crippen LogP contribution in [0.5, 0.6) is 0 Å². The molecule has 2 saturated heterocycles. The van der Waals surface area contributed by atoms with Gasteiger partial charge in [-0.2, -0.15) is 0 Å².